The fraction of sp³-hybridized carbons (Fsp3) is 0.160. The van der Waals surface area contributed by atoms with Crippen LogP contribution in [0.4, 0.5) is 4.39 Å². The molecule has 0 radical (unpaired) electrons. The topological polar surface area (TPSA) is 55.2 Å². The molecule has 1 heterocycles. The lowest BCUT2D eigenvalue weighted by Crippen LogP contribution is -2.28. The highest BCUT2D eigenvalue weighted by Crippen LogP contribution is 2.26. The van der Waals surface area contributed by atoms with Gasteiger partial charge in [-0.25, -0.2) is 9.37 Å². The van der Waals surface area contributed by atoms with E-state index in [-0.39, 0.29) is 23.0 Å². The third-order valence-corrected chi connectivity index (χ3v) is 6.64. The molecule has 0 saturated carbocycles. The number of halogens is 2. The number of aromatic nitrogens is 2. The second-order valence-corrected chi connectivity index (χ2v) is 8.95. The number of rotatable bonds is 6. The predicted molar refractivity (Wildman–Crippen MR) is 131 cm³/mol. The molecule has 0 saturated heterocycles. The van der Waals surface area contributed by atoms with Gasteiger partial charge in [-0.2, -0.15) is 0 Å². The fourth-order valence-corrected chi connectivity index (χ4v) is 4.56. The van der Waals surface area contributed by atoms with Gasteiger partial charge in [-0.1, -0.05) is 53.7 Å². The Kier molecular flexibility index (Phi) is 6.81. The highest BCUT2D eigenvalue weighted by Gasteiger charge is 2.18. The van der Waals surface area contributed by atoms with Gasteiger partial charge >= 0.3 is 0 Å². The molecule has 5 nitrogen and oxygen atoms in total. The molecule has 4 aromatic rings. The van der Waals surface area contributed by atoms with Crippen LogP contribution in [0.3, 0.4) is 0 Å². The molecule has 3 aromatic carbocycles. The van der Waals surface area contributed by atoms with E-state index in [1.807, 2.05) is 19.1 Å². The molecule has 0 aliphatic rings. The fourth-order valence-electron chi connectivity index (χ4n) is 3.45. The van der Waals surface area contributed by atoms with Crippen LogP contribution in [0.25, 0.3) is 16.6 Å². The number of thioether (sulfide) groups is 1. The Hall–Kier alpha value is -3.16. The van der Waals surface area contributed by atoms with Crippen molar-refractivity contribution >= 4 is 40.2 Å². The summed E-state index contributed by atoms with van der Waals surface area (Å²) in [5.74, 6) is -0.372. The average molecular weight is 482 g/mol. The SMILES string of the molecule is Cc1c(Cl)cccc1-n1c(SCC(=O)N(C)Cc2ccc(F)cc2)nc2ccccc2c1=O. The van der Waals surface area contributed by atoms with Crippen molar-refractivity contribution in [2.24, 2.45) is 0 Å². The number of fused-ring (bicyclic) bond motifs is 1. The molecular weight excluding hydrogens is 461 g/mol. The molecule has 1 aromatic heterocycles. The minimum absolute atomic E-state index is 0.0854. The quantitative estimate of drug-likeness (QED) is 0.279. The van der Waals surface area contributed by atoms with E-state index in [1.165, 1.54) is 28.5 Å². The van der Waals surface area contributed by atoms with Crippen LogP contribution < -0.4 is 5.56 Å². The summed E-state index contributed by atoms with van der Waals surface area (Å²) >= 11 is 7.51. The molecule has 4 rings (SSSR count). The molecular formula is C25H21ClFN3O2S. The van der Waals surface area contributed by atoms with Gasteiger partial charge < -0.3 is 4.90 Å². The summed E-state index contributed by atoms with van der Waals surface area (Å²) in [7, 11) is 1.69. The third kappa shape index (κ3) is 4.94. The van der Waals surface area contributed by atoms with E-state index < -0.39 is 0 Å². The highest BCUT2D eigenvalue weighted by molar-refractivity contribution is 7.99. The van der Waals surface area contributed by atoms with Crippen LogP contribution in [0.5, 0.6) is 0 Å². The Morgan fingerprint density at radius 1 is 1.09 bits per heavy atom. The monoisotopic (exact) mass is 481 g/mol. The van der Waals surface area contributed by atoms with Gasteiger partial charge in [0.15, 0.2) is 5.16 Å². The lowest BCUT2D eigenvalue weighted by Gasteiger charge is -2.19. The van der Waals surface area contributed by atoms with Gasteiger partial charge in [-0.05, 0) is 54.4 Å². The van der Waals surface area contributed by atoms with Crippen molar-refractivity contribution in [1.82, 2.24) is 14.5 Å². The standard InChI is InChI=1S/C25H21ClFN3O2S/c1-16-20(26)7-5-9-22(16)30-24(32)19-6-3-4-8-21(19)28-25(30)33-15-23(31)29(2)14-17-10-12-18(27)13-11-17/h3-13H,14-15H2,1-2H3. The number of carbonyl (C=O) groups is 1. The number of carbonyl (C=O) groups excluding carboxylic acids is 1. The maximum atomic E-state index is 13.4. The molecule has 0 N–H and O–H groups in total. The van der Waals surface area contributed by atoms with Crippen LogP contribution in [-0.2, 0) is 11.3 Å². The highest BCUT2D eigenvalue weighted by atomic mass is 35.5. The van der Waals surface area contributed by atoms with Gasteiger partial charge in [0.05, 0.1) is 22.3 Å². The van der Waals surface area contributed by atoms with E-state index in [0.717, 1.165) is 11.1 Å². The zero-order valence-electron chi connectivity index (χ0n) is 18.1. The Labute approximate surface area is 199 Å². The van der Waals surface area contributed by atoms with E-state index >= 15 is 0 Å². The molecule has 1 amide bonds. The molecule has 0 fully saturated rings. The van der Waals surface area contributed by atoms with Crippen LogP contribution in [0, 0.1) is 12.7 Å². The third-order valence-electron chi connectivity index (χ3n) is 5.31. The van der Waals surface area contributed by atoms with E-state index in [4.69, 9.17) is 11.6 Å². The molecule has 0 bridgehead atoms. The van der Waals surface area contributed by atoms with Crippen molar-refractivity contribution in [2.75, 3.05) is 12.8 Å². The molecule has 33 heavy (non-hydrogen) atoms. The van der Waals surface area contributed by atoms with E-state index in [9.17, 15) is 14.0 Å². The first kappa shape index (κ1) is 23.0. The largest absolute Gasteiger partial charge is 0.341 e. The minimum atomic E-state index is -0.319. The summed E-state index contributed by atoms with van der Waals surface area (Å²) in [5.41, 5.74) is 2.54. The van der Waals surface area contributed by atoms with Gasteiger partial charge in [0, 0.05) is 18.6 Å². The summed E-state index contributed by atoms with van der Waals surface area (Å²) in [6, 6.07) is 18.5. The Balaban J connectivity index is 1.65. The molecule has 0 atom stereocenters. The van der Waals surface area contributed by atoms with Crippen molar-refractivity contribution < 1.29 is 9.18 Å². The maximum absolute atomic E-state index is 13.4. The van der Waals surface area contributed by atoms with Crippen molar-refractivity contribution in [2.45, 2.75) is 18.6 Å². The second kappa shape index (κ2) is 9.77. The molecule has 0 unspecified atom stereocenters. The Morgan fingerprint density at radius 3 is 2.58 bits per heavy atom. The van der Waals surface area contributed by atoms with Gasteiger partial charge in [0.2, 0.25) is 5.91 Å². The van der Waals surface area contributed by atoms with E-state index in [0.29, 0.717) is 33.3 Å². The van der Waals surface area contributed by atoms with Crippen LogP contribution >= 0.6 is 23.4 Å². The Morgan fingerprint density at radius 2 is 1.82 bits per heavy atom. The summed E-state index contributed by atoms with van der Waals surface area (Å²) in [4.78, 5) is 32.4. The smallest absolute Gasteiger partial charge is 0.266 e. The number of amides is 1. The van der Waals surface area contributed by atoms with Gasteiger partial charge in [0.25, 0.3) is 5.56 Å². The number of para-hydroxylation sites is 1. The van der Waals surface area contributed by atoms with Crippen LogP contribution in [-0.4, -0.2) is 33.2 Å². The molecule has 0 spiro atoms. The first-order chi connectivity index (χ1) is 15.8. The summed E-state index contributed by atoms with van der Waals surface area (Å²) in [6.07, 6.45) is 0. The molecule has 8 heteroatoms. The predicted octanol–water partition coefficient (Wildman–Crippen LogP) is 5.24. The van der Waals surface area contributed by atoms with E-state index in [1.54, 1.807) is 54.4 Å². The summed E-state index contributed by atoms with van der Waals surface area (Å²) in [6.45, 7) is 2.19. The molecule has 168 valence electrons. The number of hydrogen-bond donors (Lipinski definition) is 0. The van der Waals surface area contributed by atoms with Gasteiger partial charge in [-0.15, -0.1) is 0 Å². The first-order valence-electron chi connectivity index (χ1n) is 10.2. The normalized spacial score (nSPS) is 11.0. The van der Waals surface area contributed by atoms with Crippen LogP contribution in [0.2, 0.25) is 5.02 Å². The van der Waals surface area contributed by atoms with Crippen molar-refractivity contribution in [1.29, 1.82) is 0 Å². The van der Waals surface area contributed by atoms with Crippen molar-refractivity contribution in [3.8, 4) is 5.69 Å². The van der Waals surface area contributed by atoms with Crippen molar-refractivity contribution in [3.05, 3.63) is 99.1 Å². The van der Waals surface area contributed by atoms with Gasteiger partial charge in [-0.3, -0.25) is 14.2 Å². The average Bonchev–Trinajstić information content (AvgIpc) is 2.81. The van der Waals surface area contributed by atoms with E-state index in [2.05, 4.69) is 4.98 Å². The molecule has 0 aliphatic carbocycles. The second-order valence-electron chi connectivity index (χ2n) is 7.60. The van der Waals surface area contributed by atoms with Gasteiger partial charge in [0.1, 0.15) is 5.82 Å². The molecule has 0 aliphatic heterocycles. The zero-order chi connectivity index (χ0) is 23.5. The Bertz CT molecular complexity index is 1390. The lowest BCUT2D eigenvalue weighted by molar-refractivity contribution is -0.127. The first-order valence-corrected chi connectivity index (χ1v) is 11.6. The van der Waals surface area contributed by atoms with Crippen LogP contribution in [0.15, 0.2) is 76.7 Å². The lowest BCUT2D eigenvalue weighted by atomic mass is 10.2. The number of nitrogens with zero attached hydrogens (tertiary/aromatic N) is 3. The summed E-state index contributed by atoms with van der Waals surface area (Å²) < 4.78 is 14.7. The van der Waals surface area contributed by atoms with Crippen LogP contribution in [0.1, 0.15) is 11.1 Å². The number of hydrogen-bond acceptors (Lipinski definition) is 4. The van der Waals surface area contributed by atoms with Crippen molar-refractivity contribution in [3.63, 3.8) is 0 Å². The minimum Gasteiger partial charge on any atom is -0.341 e. The zero-order valence-corrected chi connectivity index (χ0v) is 19.7. The number of benzene rings is 3. The summed E-state index contributed by atoms with van der Waals surface area (Å²) in [5, 5.41) is 1.44. The maximum Gasteiger partial charge on any atom is 0.266 e.